The van der Waals surface area contributed by atoms with Crippen molar-refractivity contribution in [2.24, 2.45) is 0 Å². The second-order valence-corrected chi connectivity index (χ2v) is 4.71. The first-order chi connectivity index (χ1) is 6.89. The zero-order chi connectivity index (χ0) is 11.5. The third-order valence-electron chi connectivity index (χ3n) is 2.98. The molecule has 3 nitrogen and oxygen atoms in total. The Morgan fingerprint density at radius 3 is 2.13 bits per heavy atom. The fraction of sp³-hybridized carbons (Fsp3) is 0.818. The van der Waals surface area contributed by atoms with Gasteiger partial charge >= 0.3 is 7.12 Å². The Kier molecular flexibility index (Phi) is 3.98. The second-order valence-electron chi connectivity index (χ2n) is 4.71. The highest BCUT2D eigenvalue weighted by Crippen LogP contribution is 2.36. The van der Waals surface area contributed by atoms with Crippen molar-refractivity contribution in [2.45, 2.75) is 45.8 Å². The highest BCUT2D eigenvalue weighted by atomic mass is 16.7. The molecule has 0 aliphatic carbocycles. The van der Waals surface area contributed by atoms with Crippen LogP contribution in [-0.4, -0.2) is 31.5 Å². The summed E-state index contributed by atoms with van der Waals surface area (Å²) >= 11 is 0. The predicted molar refractivity (Wildman–Crippen MR) is 61.7 cm³/mol. The molecule has 1 aliphatic heterocycles. The van der Waals surface area contributed by atoms with Crippen LogP contribution < -0.4 is 0 Å². The van der Waals surface area contributed by atoms with Crippen LogP contribution in [0.25, 0.3) is 0 Å². The molecule has 4 heteroatoms. The van der Waals surface area contributed by atoms with E-state index in [9.17, 15) is 0 Å². The predicted octanol–water partition coefficient (Wildman–Crippen LogP) is 2.21. The fourth-order valence-corrected chi connectivity index (χ4v) is 1.32. The van der Waals surface area contributed by atoms with Gasteiger partial charge in [0.25, 0.3) is 0 Å². The molecule has 0 N–H and O–H groups in total. The van der Waals surface area contributed by atoms with Crippen molar-refractivity contribution in [2.75, 3.05) is 13.2 Å². The maximum absolute atomic E-state index is 5.78. The Morgan fingerprint density at radius 2 is 1.67 bits per heavy atom. The van der Waals surface area contributed by atoms with Gasteiger partial charge < -0.3 is 14.0 Å². The topological polar surface area (TPSA) is 27.7 Å². The summed E-state index contributed by atoms with van der Waals surface area (Å²) < 4.78 is 16.8. The van der Waals surface area contributed by atoms with E-state index >= 15 is 0 Å². The van der Waals surface area contributed by atoms with Gasteiger partial charge in [-0.15, -0.1) is 0 Å². The molecule has 1 rings (SSSR count). The molecule has 0 unspecified atom stereocenters. The third kappa shape index (κ3) is 3.07. The van der Waals surface area contributed by atoms with Gasteiger partial charge in [0.1, 0.15) is 0 Å². The smallest absolute Gasteiger partial charge is 0.400 e. The zero-order valence-corrected chi connectivity index (χ0v) is 10.4. The summed E-state index contributed by atoms with van der Waals surface area (Å²) in [6, 6.07) is 0. The van der Waals surface area contributed by atoms with E-state index < -0.39 is 0 Å². The average Bonchev–Trinajstić information content (AvgIpc) is 2.30. The zero-order valence-electron chi connectivity index (χ0n) is 10.4. The quantitative estimate of drug-likeness (QED) is 0.528. The molecule has 0 saturated carbocycles. The number of rotatable bonds is 4. The maximum Gasteiger partial charge on any atom is 0.486 e. The van der Waals surface area contributed by atoms with E-state index in [4.69, 9.17) is 14.0 Å². The van der Waals surface area contributed by atoms with Crippen LogP contribution in [0.4, 0.5) is 0 Å². The number of hydrogen-bond acceptors (Lipinski definition) is 3. The van der Waals surface area contributed by atoms with Crippen LogP contribution in [0.2, 0.25) is 0 Å². The lowest BCUT2D eigenvalue weighted by Crippen LogP contribution is -2.41. The molecule has 0 radical (unpaired) electrons. The first-order valence-corrected chi connectivity index (χ1v) is 5.49. The van der Waals surface area contributed by atoms with Gasteiger partial charge in [0.05, 0.1) is 17.8 Å². The standard InChI is InChI=1S/C11H21BO3/c1-6-13-9-7-8-12-14-10(2,3)11(4,5)15-12/h7-8H,6,9H2,1-5H3. The molecule has 1 aliphatic rings. The van der Waals surface area contributed by atoms with Gasteiger partial charge in [-0.25, -0.2) is 0 Å². The summed E-state index contributed by atoms with van der Waals surface area (Å²) in [4.78, 5) is 0. The minimum atomic E-state index is -0.256. The minimum Gasteiger partial charge on any atom is -0.400 e. The fourth-order valence-electron chi connectivity index (χ4n) is 1.32. The van der Waals surface area contributed by atoms with E-state index in [0.29, 0.717) is 6.61 Å². The first kappa shape index (κ1) is 12.8. The van der Waals surface area contributed by atoms with Crippen LogP contribution in [0.1, 0.15) is 34.6 Å². The van der Waals surface area contributed by atoms with Crippen LogP contribution in [0, 0.1) is 0 Å². The molecular weight excluding hydrogens is 191 g/mol. The SMILES string of the molecule is CCOCC=CB1OC(C)(C)C(C)(C)O1. The lowest BCUT2D eigenvalue weighted by Gasteiger charge is -2.32. The largest absolute Gasteiger partial charge is 0.486 e. The van der Waals surface area contributed by atoms with E-state index in [1.807, 2.05) is 46.7 Å². The van der Waals surface area contributed by atoms with Crippen molar-refractivity contribution in [3.8, 4) is 0 Å². The summed E-state index contributed by atoms with van der Waals surface area (Å²) in [7, 11) is -0.254. The average molecular weight is 212 g/mol. The van der Waals surface area contributed by atoms with Gasteiger partial charge in [-0.05, 0) is 34.6 Å². The first-order valence-electron chi connectivity index (χ1n) is 5.49. The second kappa shape index (κ2) is 4.68. The summed E-state index contributed by atoms with van der Waals surface area (Å²) in [5.41, 5.74) is -0.513. The Labute approximate surface area is 92.9 Å². The van der Waals surface area contributed by atoms with Crippen molar-refractivity contribution in [3.05, 3.63) is 12.1 Å². The van der Waals surface area contributed by atoms with Crippen molar-refractivity contribution in [1.82, 2.24) is 0 Å². The molecule has 86 valence electrons. The molecule has 0 aromatic rings. The molecule has 0 bridgehead atoms. The van der Waals surface area contributed by atoms with E-state index in [1.165, 1.54) is 0 Å². The van der Waals surface area contributed by atoms with E-state index in [2.05, 4.69) is 0 Å². The summed E-state index contributed by atoms with van der Waals surface area (Å²) in [6.07, 6.45) is 1.94. The monoisotopic (exact) mass is 212 g/mol. The van der Waals surface area contributed by atoms with Crippen molar-refractivity contribution in [1.29, 1.82) is 0 Å². The molecule has 1 saturated heterocycles. The Bertz CT molecular complexity index is 220. The molecule has 0 atom stereocenters. The van der Waals surface area contributed by atoms with Crippen molar-refractivity contribution in [3.63, 3.8) is 0 Å². The van der Waals surface area contributed by atoms with Crippen LogP contribution >= 0.6 is 0 Å². The maximum atomic E-state index is 5.78. The number of ether oxygens (including phenoxy) is 1. The van der Waals surface area contributed by atoms with Gasteiger partial charge in [0.15, 0.2) is 0 Å². The van der Waals surface area contributed by atoms with Gasteiger partial charge in [0, 0.05) is 6.61 Å². The third-order valence-corrected chi connectivity index (χ3v) is 2.98. The highest BCUT2D eigenvalue weighted by molar-refractivity contribution is 6.51. The number of hydrogen-bond donors (Lipinski definition) is 0. The van der Waals surface area contributed by atoms with E-state index in [-0.39, 0.29) is 18.3 Å². The summed E-state index contributed by atoms with van der Waals surface area (Å²) in [6.45, 7) is 11.5. The lowest BCUT2D eigenvalue weighted by atomic mass is 9.90. The van der Waals surface area contributed by atoms with E-state index in [0.717, 1.165) is 6.61 Å². The molecular formula is C11H21BO3. The lowest BCUT2D eigenvalue weighted by molar-refractivity contribution is 0.00578. The highest BCUT2D eigenvalue weighted by Gasteiger charge is 2.49. The Morgan fingerprint density at radius 1 is 1.13 bits per heavy atom. The van der Waals surface area contributed by atoms with Crippen LogP contribution in [0.3, 0.4) is 0 Å². The molecule has 15 heavy (non-hydrogen) atoms. The van der Waals surface area contributed by atoms with Crippen molar-refractivity contribution < 1.29 is 14.0 Å². The van der Waals surface area contributed by atoms with Gasteiger partial charge in [-0.1, -0.05) is 12.1 Å². The molecule has 0 spiro atoms. The molecule has 0 aromatic heterocycles. The normalized spacial score (nSPS) is 23.9. The Hall–Kier alpha value is -0.315. The summed E-state index contributed by atoms with van der Waals surface area (Å²) in [5.74, 6) is 1.91. The van der Waals surface area contributed by atoms with E-state index in [1.54, 1.807) is 0 Å². The van der Waals surface area contributed by atoms with Crippen molar-refractivity contribution >= 4 is 7.12 Å². The molecule has 1 heterocycles. The Balaban J connectivity index is 2.45. The molecule has 0 amide bonds. The van der Waals surface area contributed by atoms with Crippen LogP contribution in [-0.2, 0) is 14.0 Å². The van der Waals surface area contributed by atoms with Gasteiger partial charge in [-0.2, -0.15) is 0 Å². The van der Waals surface area contributed by atoms with Crippen LogP contribution in [0.5, 0.6) is 0 Å². The van der Waals surface area contributed by atoms with Gasteiger partial charge in [-0.3, -0.25) is 0 Å². The van der Waals surface area contributed by atoms with Gasteiger partial charge in [0.2, 0.25) is 0 Å². The van der Waals surface area contributed by atoms with Crippen LogP contribution in [0.15, 0.2) is 12.1 Å². The summed E-state index contributed by atoms with van der Waals surface area (Å²) in [5, 5.41) is 0. The molecule has 1 fully saturated rings. The molecule has 0 aromatic carbocycles. The minimum absolute atomic E-state index is 0.254.